The molecule has 226 valence electrons. The maximum atomic E-state index is 12.7. The molecule has 6 aromatic rings. The number of nitrogens with zero attached hydrogens (tertiary/aromatic N) is 6. The maximum Gasteiger partial charge on any atom is 0.326 e. The number of imidazole rings is 1. The van der Waals surface area contributed by atoms with E-state index in [-0.39, 0.29) is 11.7 Å². The molecular formula is C35H35N9O. The van der Waals surface area contributed by atoms with Crippen molar-refractivity contribution in [2.45, 2.75) is 25.4 Å². The Morgan fingerprint density at radius 3 is 2.29 bits per heavy atom. The van der Waals surface area contributed by atoms with Crippen molar-refractivity contribution in [3.63, 3.8) is 0 Å². The van der Waals surface area contributed by atoms with Crippen LogP contribution in [0.25, 0.3) is 44.6 Å². The molecule has 10 heteroatoms. The fourth-order valence-corrected chi connectivity index (χ4v) is 6.24. The van der Waals surface area contributed by atoms with Gasteiger partial charge in [-0.05, 0) is 48.7 Å². The van der Waals surface area contributed by atoms with E-state index in [1.807, 2.05) is 65.2 Å². The minimum absolute atomic E-state index is 0.0205. The number of hydrazine groups is 1. The van der Waals surface area contributed by atoms with Crippen molar-refractivity contribution in [2.24, 2.45) is 16.7 Å². The number of piperidine rings is 1. The number of aromatic nitrogens is 4. The Balaban J connectivity index is 1.13. The van der Waals surface area contributed by atoms with E-state index in [2.05, 4.69) is 51.4 Å². The van der Waals surface area contributed by atoms with Crippen LogP contribution >= 0.6 is 0 Å². The molecule has 0 spiro atoms. The van der Waals surface area contributed by atoms with Gasteiger partial charge in [-0.15, -0.1) is 5.10 Å². The Labute approximate surface area is 260 Å². The summed E-state index contributed by atoms with van der Waals surface area (Å²) in [6.45, 7) is 2.71. The van der Waals surface area contributed by atoms with Crippen molar-refractivity contribution in [3.8, 4) is 22.5 Å². The number of hydrazone groups is 1. The second kappa shape index (κ2) is 12.0. The van der Waals surface area contributed by atoms with Crippen LogP contribution in [-0.4, -0.2) is 55.5 Å². The van der Waals surface area contributed by atoms with Gasteiger partial charge in [0, 0.05) is 49.4 Å². The van der Waals surface area contributed by atoms with Crippen molar-refractivity contribution in [2.75, 3.05) is 20.1 Å². The monoisotopic (exact) mass is 597 g/mol. The Bertz CT molecular complexity index is 2060. The highest BCUT2D eigenvalue weighted by Gasteiger charge is 2.24. The summed E-state index contributed by atoms with van der Waals surface area (Å²) >= 11 is 0. The van der Waals surface area contributed by atoms with Crippen LogP contribution in [0.1, 0.15) is 30.0 Å². The van der Waals surface area contributed by atoms with Crippen LogP contribution in [0, 0.1) is 0 Å². The standard InChI is InChI=1S/C35H35N9O/c1-42(37)41-34(36)26-15-16-28-30(21-26)39-33(32(38-28)24-7-3-2-4-8-24)25-13-11-23(12-14-25)22-43-19-17-27(18-20-43)44-31-10-6-5-9-29(31)40-35(44)45/h2-16,21,27H,17-20,22,37H2,1H3,(H2,36,41)(H,40,45). The molecule has 10 nitrogen and oxygen atoms in total. The highest BCUT2D eigenvalue weighted by atomic mass is 16.1. The largest absolute Gasteiger partial charge is 0.382 e. The first-order chi connectivity index (χ1) is 21.9. The van der Waals surface area contributed by atoms with Gasteiger partial charge in [-0.25, -0.2) is 25.7 Å². The number of rotatable bonds is 7. The van der Waals surface area contributed by atoms with Crippen LogP contribution < -0.4 is 17.3 Å². The third-order valence-electron chi connectivity index (χ3n) is 8.45. The van der Waals surface area contributed by atoms with E-state index in [0.717, 1.165) is 82.6 Å². The summed E-state index contributed by atoms with van der Waals surface area (Å²) in [5, 5.41) is 5.31. The predicted molar refractivity (Wildman–Crippen MR) is 179 cm³/mol. The van der Waals surface area contributed by atoms with Gasteiger partial charge in [0.25, 0.3) is 0 Å². The normalized spacial score (nSPS) is 14.8. The predicted octanol–water partition coefficient (Wildman–Crippen LogP) is 4.87. The lowest BCUT2D eigenvalue weighted by Crippen LogP contribution is -2.36. The average molecular weight is 598 g/mol. The zero-order chi connectivity index (χ0) is 30.9. The number of nitrogens with one attached hydrogen (secondary N) is 1. The zero-order valence-corrected chi connectivity index (χ0v) is 25.1. The highest BCUT2D eigenvalue weighted by Crippen LogP contribution is 2.32. The topological polar surface area (TPSA) is 134 Å². The number of fused-ring (bicyclic) bond motifs is 2. The maximum absolute atomic E-state index is 12.7. The molecule has 1 aliphatic heterocycles. The van der Waals surface area contributed by atoms with Crippen molar-refractivity contribution < 1.29 is 0 Å². The van der Waals surface area contributed by atoms with Crippen LogP contribution in [0.3, 0.4) is 0 Å². The Kier molecular flexibility index (Phi) is 7.58. The SMILES string of the molecule is CN(N)/N=C(\N)c1ccc2nc(-c3ccccc3)c(-c3ccc(CN4CCC(n5c(=O)[nH]c6ccccc65)CC4)cc3)nc2c1. The van der Waals surface area contributed by atoms with Gasteiger partial charge in [0.1, 0.15) is 0 Å². The highest BCUT2D eigenvalue weighted by molar-refractivity contribution is 6.00. The van der Waals surface area contributed by atoms with E-state index in [0.29, 0.717) is 5.84 Å². The van der Waals surface area contributed by atoms with Gasteiger partial charge in [-0.3, -0.25) is 9.47 Å². The molecule has 45 heavy (non-hydrogen) atoms. The summed E-state index contributed by atoms with van der Waals surface area (Å²) in [4.78, 5) is 28.3. The summed E-state index contributed by atoms with van der Waals surface area (Å²) in [6, 6.07) is 32.5. The van der Waals surface area contributed by atoms with E-state index in [1.165, 1.54) is 10.7 Å². The molecule has 0 aliphatic carbocycles. The summed E-state index contributed by atoms with van der Waals surface area (Å²) in [6.07, 6.45) is 1.87. The van der Waals surface area contributed by atoms with Crippen LogP contribution in [0.2, 0.25) is 0 Å². The van der Waals surface area contributed by atoms with Crippen molar-refractivity contribution in [3.05, 3.63) is 119 Å². The molecule has 1 fully saturated rings. The molecule has 2 aromatic heterocycles. The van der Waals surface area contributed by atoms with Crippen LogP contribution in [0.4, 0.5) is 0 Å². The van der Waals surface area contributed by atoms with E-state index < -0.39 is 0 Å². The van der Waals surface area contributed by atoms with Crippen LogP contribution in [0.15, 0.2) is 107 Å². The van der Waals surface area contributed by atoms with Gasteiger partial charge >= 0.3 is 5.69 Å². The van der Waals surface area contributed by atoms with E-state index >= 15 is 0 Å². The molecule has 0 unspecified atom stereocenters. The summed E-state index contributed by atoms with van der Waals surface area (Å²) in [5.74, 6) is 5.97. The number of amidine groups is 1. The van der Waals surface area contributed by atoms with Crippen molar-refractivity contribution in [1.82, 2.24) is 29.5 Å². The van der Waals surface area contributed by atoms with Gasteiger partial charge < -0.3 is 10.7 Å². The molecule has 0 saturated carbocycles. The van der Waals surface area contributed by atoms with Gasteiger partial charge in [-0.2, -0.15) is 0 Å². The minimum atomic E-state index is -0.0205. The average Bonchev–Trinajstić information content (AvgIpc) is 3.40. The Hall–Kier alpha value is -5.32. The fraction of sp³-hybridized carbons (Fsp3) is 0.200. The fourth-order valence-electron chi connectivity index (χ4n) is 6.24. The lowest BCUT2D eigenvalue weighted by Gasteiger charge is -2.32. The van der Waals surface area contributed by atoms with Crippen molar-refractivity contribution in [1.29, 1.82) is 0 Å². The smallest absolute Gasteiger partial charge is 0.326 e. The molecule has 0 radical (unpaired) electrons. The van der Waals surface area contributed by atoms with E-state index in [9.17, 15) is 4.79 Å². The van der Waals surface area contributed by atoms with Gasteiger partial charge in [-0.1, -0.05) is 66.7 Å². The number of para-hydroxylation sites is 2. The number of H-pyrrole nitrogens is 1. The molecule has 3 heterocycles. The first kappa shape index (κ1) is 28.5. The Morgan fingerprint density at radius 2 is 1.56 bits per heavy atom. The molecule has 0 amide bonds. The number of nitrogens with two attached hydrogens (primary N) is 2. The first-order valence-electron chi connectivity index (χ1n) is 15.1. The summed E-state index contributed by atoms with van der Waals surface area (Å²) in [5.41, 5.74) is 15.1. The quantitative estimate of drug-likeness (QED) is 0.103. The number of aromatic amines is 1. The molecule has 0 bridgehead atoms. The third-order valence-corrected chi connectivity index (χ3v) is 8.45. The van der Waals surface area contributed by atoms with Crippen LogP contribution in [-0.2, 0) is 6.54 Å². The number of benzene rings is 4. The summed E-state index contributed by atoms with van der Waals surface area (Å²) in [7, 11) is 1.62. The summed E-state index contributed by atoms with van der Waals surface area (Å²) < 4.78 is 1.94. The Morgan fingerprint density at radius 1 is 0.889 bits per heavy atom. The van der Waals surface area contributed by atoms with Gasteiger partial charge in [0.2, 0.25) is 0 Å². The second-order valence-electron chi connectivity index (χ2n) is 11.6. The van der Waals surface area contributed by atoms with E-state index in [1.54, 1.807) is 7.05 Å². The molecular weight excluding hydrogens is 562 g/mol. The molecule has 5 N–H and O–H groups in total. The van der Waals surface area contributed by atoms with Crippen LogP contribution in [0.5, 0.6) is 0 Å². The molecule has 4 aromatic carbocycles. The molecule has 0 atom stereocenters. The molecule has 7 rings (SSSR count). The number of hydrogen-bond acceptors (Lipinski definition) is 7. The van der Waals surface area contributed by atoms with Gasteiger partial charge in [0.05, 0.1) is 33.5 Å². The minimum Gasteiger partial charge on any atom is -0.382 e. The third kappa shape index (κ3) is 5.81. The number of likely N-dealkylation sites (tertiary alicyclic amines) is 1. The molecule has 1 saturated heterocycles. The van der Waals surface area contributed by atoms with Gasteiger partial charge in [0.15, 0.2) is 5.84 Å². The first-order valence-corrected chi connectivity index (χ1v) is 15.1. The lowest BCUT2D eigenvalue weighted by molar-refractivity contribution is 0.180. The molecule has 1 aliphatic rings. The lowest BCUT2D eigenvalue weighted by atomic mass is 10.0. The van der Waals surface area contributed by atoms with E-state index in [4.69, 9.17) is 21.5 Å². The van der Waals surface area contributed by atoms with Crippen molar-refractivity contribution >= 4 is 27.9 Å². The number of hydrogen-bond donors (Lipinski definition) is 3. The second-order valence-corrected chi connectivity index (χ2v) is 11.6. The zero-order valence-electron chi connectivity index (χ0n) is 25.1.